The smallest absolute Gasteiger partial charge is 0.00180 e. The molecule has 1 aliphatic carbocycles. The maximum absolute atomic E-state index is 5.41. The molecule has 0 radical (unpaired) electrons. The van der Waals surface area contributed by atoms with Gasteiger partial charge in [0, 0.05) is 0 Å². The Kier molecular flexibility index (Phi) is 4.62. The first-order valence-electron chi connectivity index (χ1n) is 5.25. The van der Waals surface area contributed by atoms with Crippen molar-refractivity contribution in [2.24, 2.45) is 17.6 Å². The quantitative estimate of drug-likeness (QED) is 0.611. The highest BCUT2D eigenvalue weighted by Gasteiger charge is 2.22. The second-order valence-electron chi connectivity index (χ2n) is 4.01. The van der Waals surface area contributed by atoms with Crippen molar-refractivity contribution >= 4 is 0 Å². The Morgan fingerprint density at radius 1 is 1.42 bits per heavy atom. The Balaban J connectivity index is 1.98. The molecule has 2 nitrogen and oxygen atoms in total. The van der Waals surface area contributed by atoms with Crippen molar-refractivity contribution in [1.29, 1.82) is 0 Å². The van der Waals surface area contributed by atoms with Crippen molar-refractivity contribution in [3.8, 4) is 0 Å². The van der Waals surface area contributed by atoms with Crippen LogP contribution in [0, 0.1) is 11.8 Å². The van der Waals surface area contributed by atoms with Crippen molar-refractivity contribution in [1.82, 2.24) is 5.32 Å². The van der Waals surface area contributed by atoms with Gasteiger partial charge in [0.1, 0.15) is 0 Å². The number of hydrogen-bond acceptors (Lipinski definition) is 2. The van der Waals surface area contributed by atoms with Gasteiger partial charge < -0.3 is 11.1 Å². The molecule has 0 aromatic rings. The first kappa shape index (κ1) is 10.0. The maximum Gasteiger partial charge on any atom is -0.00180 e. The van der Waals surface area contributed by atoms with E-state index in [1.165, 1.54) is 25.8 Å². The summed E-state index contributed by atoms with van der Waals surface area (Å²) in [5.41, 5.74) is 5.41. The summed E-state index contributed by atoms with van der Waals surface area (Å²) in [7, 11) is 0. The topological polar surface area (TPSA) is 38.0 Å². The van der Waals surface area contributed by atoms with E-state index >= 15 is 0 Å². The fourth-order valence-corrected chi connectivity index (χ4v) is 2.04. The molecule has 0 aliphatic heterocycles. The molecule has 1 rings (SSSR count). The van der Waals surface area contributed by atoms with Crippen molar-refractivity contribution < 1.29 is 0 Å². The SMILES string of the molecule is CC1CCCC1CNCCCN. The molecule has 12 heavy (non-hydrogen) atoms. The summed E-state index contributed by atoms with van der Waals surface area (Å²) in [5, 5.41) is 3.48. The molecule has 1 saturated carbocycles. The van der Waals surface area contributed by atoms with Crippen LogP contribution >= 0.6 is 0 Å². The lowest BCUT2D eigenvalue weighted by Crippen LogP contribution is -2.26. The van der Waals surface area contributed by atoms with Gasteiger partial charge in [0.2, 0.25) is 0 Å². The van der Waals surface area contributed by atoms with Crippen molar-refractivity contribution in [2.75, 3.05) is 19.6 Å². The van der Waals surface area contributed by atoms with E-state index in [-0.39, 0.29) is 0 Å². The summed E-state index contributed by atoms with van der Waals surface area (Å²) in [6.45, 7) is 5.50. The van der Waals surface area contributed by atoms with Gasteiger partial charge in [-0.25, -0.2) is 0 Å². The monoisotopic (exact) mass is 170 g/mol. The fraction of sp³-hybridized carbons (Fsp3) is 1.00. The summed E-state index contributed by atoms with van der Waals surface area (Å²) in [6, 6.07) is 0. The van der Waals surface area contributed by atoms with Crippen LogP contribution in [0.25, 0.3) is 0 Å². The molecule has 0 heterocycles. The summed E-state index contributed by atoms with van der Waals surface area (Å²) in [4.78, 5) is 0. The largest absolute Gasteiger partial charge is 0.330 e. The van der Waals surface area contributed by atoms with Gasteiger partial charge in [-0.3, -0.25) is 0 Å². The van der Waals surface area contributed by atoms with Crippen molar-refractivity contribution in [3.63, 3.8) is 0 Å². The van der Waals surface area contributed by atoms with Gasteiger partial charge in [-0.1, -0.05) is 19.8 Å². The van der Waals surface area contributed by atoms with Gasteiger partial charge in [0.05, 0.1) is 0 Å². The summed E-state index contributed by atoms with van der Waals surface area (Å²) in [6.07, 6.45) is 5.41. The van der Waals surface area contributed by atoms with Crippen LogP contribution < -0.4 is 11.1 Å². The van der Waals surface area contributed by atoms with Crippen LogP contribution in [0.1, 0.15) is 32.6 Å². The lowest BCUT2D eigenvalue weighted by molar-refractivity contribution is 0.392. The number of rotatable bonds is 5. The van der Waals surface area contributed by atoms with E-state index in [2.05, 4.69) is 12.2 Å². The second kappa shape index (κ2) is 5.55. The molecule has 0 saturated heterocycles. The Morgan fingerprint density at radius 3 is 2.83 bits per heavy atom. The lowest BCUT2D eigenvalue weighted by Gasteiger charge is -2.15. The number of nitrogens with one attached hydrogen (secondary N) is 1. The zero-order chi connectivity index (χ0) is 8.81. The Labute approximate surface area is 75.9 Å². The third kappa shape index (κ3) is 3.11. The standard InChI is InChI=1S/C10H22N2/c1-9-4-2-5-10(9)8-12-7-3-6-11/h9-10,12H,2-8,11H2,1H3. The average Bonchev–Trinajstić information content (AvgIpc) is 2.46. The first-order valence-corrected chi connectivity index (χ1v) is 5.25. The van der Waals surface area contributed by atoms with Crippen molar-refractivity contribution in [3.05, 3.63) is 0 Å². The highest BCUT2D eigenvalue weighted by molar-refractivity contribution is 4.75. The van der Waals surface area contributed by atoms with E-state index in [0.717, 1.165) is 31.3 Å². The van der Waals surface area contributed by atoms with E-state index in [0.29, 0.717) is 0 Å². The minimum atomic E-state index is 0.813. The summed E-state index contributed by atoms with van der Waals surface area (Å²) < 4.78 is 0. The van der Waals surface area contributed by atoms with Crippen LogP contribution in [0.5, 0.6) is 0 Å². The van der Waals surface area contributed by atoms with E-state index < -0.39 is 0 Å². The fourth-order valence-electron chi connectivity index (χ4n) is 2.04. The Bertz CT molecular complexity index is 114. The van der Waals surface area contributed by atoms with Crippen molar-refractivity contribution in [2.45, 2.75) is 32.6 Å². The minimum Gasteiger partial charge on any atom is -0.330 e. The van der Waals surface area contributed by atoms with Gasteiger partial charge in [-0.2, -0.15) is 0 Å². The average molecular weight is 170 g/mol. The molecule has 0 bridgehead atoms. The molecule has 2 atom stereocenters. The van der Waals surface area contributed by atoms with Gasteiger partial charge in [-0.15, -0.1) is 0 Å². The highest BCUT2D eigenvalue weighted by Crippen LogP contribution is 2.30. The van der Waals surface area contributed by atoms with Crippen LogP contribution in [0.2, 0.25) is 0 Å². The van der Waals surface area contributed by atoms with Crippen LogP contribution in [0.4, 0.5) is 0 Å². The van der Waals surface area contributed by atoms with Gasteiger partial charge >= 0.3 is 0 Å². The molecule has 2 unspecified atom stereocenters. The first-order chi connectivity index (χ1) is 5.84. The predicted octanol–water partition coefficient (Wildman–Crippen LogP) is 1.36. The normalized spacial score (nSPS) is 29.5. The maximum atomic E-state index is 5.41. The molecule has 72 valence electrons. The molecule has 0 amide bonds. The van der Waals surface area contributed by atoms with Gasteiger partial charge in [0.25, 0.3) is 0 Å². The molecule has 3 N–H and O–H groups in total. The molecule has 1 fully saturated rings. The molecule has 0 spiro atoms. The minimum absolute atomic E-state index is 0.813. The Hall–Kier alpha value is -0.0800. The van der Waals surface area contributed by atoms with Crippen LogP contribution in [-0.2, 0) is 0 Å². The van der Waals surface area contributed by atoms with Gasteiger partial charge in [-0.05, 0) is 44.3 Å². The number of nitrogens with two attached hydrogens (primary N) is 1. The van der Waals surface area contributed by atoms with E-state index in [1.807, 2.05) is 0 Å². The molecular weight excluding hydrogens is 148 g/mol. The lowest BCUT2D eigenvalue weighted by atomic mass is 9.98. The number of hydrogen-bond donors (Lipinski definition) is 2. The molecule has 1 aliphatic rings. The zero-order valence-electron chi connectivity index (χ0n) is 8.18. The van der Waals surface area contributed by atoms with Crippen LogP contribution in [-0.4, -0.2) is 19.6 Å². The second-order valence-corrected chi connectivity index (χ2v) is 4.01. The van der Waals surface area contributed by atoms with E-state index in [4.69, 9.17) is 5.73 Å². The van der Waals surface area contributed by atoms with Crippen LogP contribution in [0.3, 0.4) is 0 Å². The predicted molar refractivity (Wildman–Crippen MR) is 53.0 cm³/mol. The van der Waals surface area contributed by atoms with Crippen LogP contribution in [0.15, 0.2) is 0 Å². The van der Waals surface area contributed by atoms with E-state index in [9.17, 15) is 0 Å². The molecule has 0 aromatic heterocycles. The zero-order valence-corrected chi connectivity index (χ0v) is 8.18. The third-order valence-corrected chi connectivity index (χ3v) is 3.00. The molecular formula is C10H22N2. The Morgan fingerprint density at radius 2 is 2.25 bits per heavy atom. The molecule has 2 heteroatoms. The highest BCUT2D eigenvalue weighted by atomic mass is 14.9. The summed E-state index contributed by atoms with van der Waals surface area (Å²) in [5.74, 6) is 1.87. The van der Waals surface area contributed by atoms with Gasteiger partial charge in [0.15, 0.2) is 0 Å². The van der Waals surface area contributed by atoms with E-state index in [1.54, 1.807) is 0 Å². The molecule has 0 aromatic carbocycles. The summed E-state index contributed by atoms with van der Waals surface area (Å²) >= 11 is 0. The third-order valence-electron chi connectivity index (χ3n) is 3.00.